The van der Waals surface area contributed by atoms with E-state index < -0.39 is 11.7 Å². The van der Waals surface area contributed by atoms with Gasteiger partial charge in [-0.05, 0) is 99.9 Å². The Hall–Kier alpha value is -2.22. The topological polar surface area (TPSA) is 16.8 Å². The Morgan fingerprint density at radius 2 is 2.00 bits per heavy atom. The summed E-state index contributed by atoms with van der Waals surface area (Å²) in [4.78, 5) is 5.88. The van der Waals surface area contributed by atoms with Gasteiger partial charge in [-0.15, -0.1) is 0 Å². The molecule has 3 rings (SSSR count). The van der Waals surface area contributed by atoms with Crippen LogP contribution in [0, 0.1) is 39.1 Å². The summed E-state index contributed by atoms with van der Waals surface area (Å²) in [5.74, 6) is -0.205. The van der Waals surface area contributed by atoms with Crippen molar-refractivity contribution in [3.05, 3.63) is 74.8 Å². The van der Waals surface area contributed by atoms with Gasteiger partial charge >= 0.3 is 0 Å². The van der Waals surface area contributed by atoms with Crippen LogP contribution in [-0.2, 0) is 10.3 Å². The number of hydrogen-bond donors (Lipinski definition) is 0. The van der Waals surface area contributed by atoms with Gasteiger partial charge in [-0.2, -0.15) is 0 Å². The molecule has 1 heterocycles. The Morgan fingerprint density at radius 1 is 1.31 bits per heavy atom. The summed E-state index contributed by atoms with van der Waals surface area (Å²) in [6.07, 6.45) is -1.17. The van der Waals surface area contributed by atoms with E-state index in [2.05, 4.69) is 37.4 Å². The van der Waals surface area contributed by atoms with Crippen molar-refractivity contribution in [1.29, 1.82) is 0 Å². The Morgan fingerprint density at radius 3 is 2.59 bits per heavy atom. The number of halogens is 1. The van der Waals surface area contributed by atoms with Crippen LogP contribution < -0.4 is 0 Å². The molecule has 4 heteroatoms. The largest absolute Gasteiger partial charge is 0.358 e. The normalized spacial score (nSPS) is 30.0. The molecule has 0 amide bonds. The average molecular weight is 611 g/mol. The summed E-state index contributed by atoms with van der Waals surface area (Å²) >= 11 is 0. The van der Waals surface area contributed by atoms with Crippen LogP contribution in [0.25, 0.3) is 4.85 Å². The monoisotopic (exact) mass is 611 g/mol. The van der Waals surface area contributed by atoms with Gasteiger partial charge in [0.05, 0.1) is 15.4 Å². The first kappa shape index (κ1) is 7.93. The molecule has 0 bridgehead atoms. The fraction of sp³-hybridized carbons (Fsp3) is 0.536. The first-order valence-corrected chi connectivity index (χ1v) is 11.5. The molecule has 0 fully saturated rings. The zero-order valence-corrected chi connectivity index (χ0v) is 20.6. The number of rotatable bonds is 7. The second-order valence-electron chi connectivity index (χ2n) is 9.41. The standard InChI is InChI=1S/C28H37FN2O.64H2/c1-10-31(17(2)3)16-18(4)15-28(24-11-12-26(29)21(7)20(24)6)25-13-19(5)27(30-9)14-23(25)22(8)32-28;;;;;;;;;;;;;;;;;;;;;;;;;;;;;;;;;;;;;;;;;;;;;;;;;;;;;;;;;;;;;;;;/h11-14,17-18,22H,10,15-16H2,1-8H3;64*1H/t18?,22?,28-;;;;;;;;;;;;;;;;;;;;;;;;;;;;;;;;;;;;;;;;;;;;;;;;;;;;;;;;;;;;;;;;/m0................................................................/s1/i13D,14D,22D;21*1+1D;;;;;;;;;;;;;;;;;;;;;;;;;;;;;;;;;;;;;;;;;;;. The third kappa shape index (κ3) is 4.21. The molecule has 0 saturated heterocycles. The molecular formula is C28H165FN2O. The van der Waals surface area contributed by atoms with Crippen LogP contribution >= 0.6 is 0 Å². The van der Waals surface area contributed by atoms with E-state index in [9.17, 15) is 4.39 Å². The van der Waals surface area contributed by atoms with Gasteiger partial charge in [0.2, 0.25) is 0 Å². The third-order valence-electron chi connectivity index (χ3n) is 6.83. The van der Waals surface area contributed by atoms with Crippen LogP contribution in [0.2, 0.25) is 0 Å². The van der Waals surface area contributed by atoms with Crippen molar-refractivity contribution in [3.63, 3.8) is 0 Å². The highest BCUT2D eigenvalue weighted by molar-refractivity contribution is 5.61. The zero-order chi connectivity index (χ0) is 68.5. The SMILES string of the molecule is [2H][2H].[2H][2H].[2H][2H].[2H][2H].[2H][2H].[2H][2H].[2H][2H].[2H][2H].[2H][2H].[2H][2H].[2H][2H].[2H][2H].[2H][2H].[2H][2H].[2H][2H].[2H][2H].[2H][2H].[2H][2H].[2H][2H].[2H][2H].[2H][2H].[2H]c1c([N+]#[C-])c(C)c([2H])c2c1C([2H])(C)O[C@@]2(CC(C)CN(CC)C(C)C)c1ccc(F)c(C)c1C.[HH].[HH].[HH].[HH].[HH].[HH].[HH].[HH].[HH].[HH].[HH].[HH].[HH].[HH].[HH].[HH].[HH].[HH].[HH].[HH].[HH].[HH].[HH].[HH].[HH].[HH].[HH].[HH].[HH].[HH].[HH].[HH].[HH].[HH].[HH].[HH].[HH].[HH].[HH].[HH].[HH].[HH].[HH]. The molecule has 2 unspecified atom stereocenters. The molecule has 0 spiro atoms. The van der Waals surface area contributed by atoms with Crippen molar-refractivity contribution < 1.29 is 137 Å². The molecular weight excluding hydrogens is 399 g/mol. The summed E-state index contributed by atoms with van der Waals surface area (Å²) in [6, 6.07) is 3.57. The molecule has 1 aliphatic rings. The smallest absolute Gasteiger partial charge is 0.190 e. The van der Waals surface area contributed by atoms with Gasteiger partial charge in [0, 0.05) is 138 Å². The summed E-state index contributed by atoms with van der Waals surface area (Å²) in [5, 5.41) is 0. The van der Waals surface area contributed by atoms with Gasteiger partial charge in [-0.3, -0.25) is 0 Å². The third-order valence-corrected chi connectivity index (χ3v) is 6.83. The minimum atomic E-state index is -1.63. The van der Waals surface area contributed by atoms with Gasteiger partial charge in [0.15, 0.2) is 5.69 Å². The maximum absolute atomic E-state index is 14.5. The van der Waals surface area contributed by atoms with Crippen molar-refractivity contribution >= 4 is 5.69 Å². The van der Waals surface area contributed by atoms with Crippen LogP contribution in [0.4, 0.5) is 10.1 Å². The summed E-state index contributed by atoms with van der Waals surface area (Å²) in [5.41, 5.74) is 1.97. The number of fused-ring (bicyclic) bond motifs is 1. The van der Waals surface area contributed by atoms with Gasteiger partial charge in [0.25, 0.3) is 0 Å². The van der Waals surface area contributed by atoms with E-state index in [1.165, 1.54) is 6.07 Å². The Bertz CT molecular complexity index is 1270. The highest BCUT2D eigenvalue weighted by atomic mass is 19.1. The van der Waals surface area contributed by atoms with Crippen molar-refractivity contribution in [1.82, 2.24) is 4.90 Å². The molecule has 0 N–H and O–H groups in total. The average Bonchev–Trinajstić information content (AvgIpc) is 1.55. The summed E-state index contributed by atoms with van der Waals surface area (Å²) in [7, 11) is 0. The highest BCUT2D eigenvalue weighted by Crippen LogP contribution is 2.53. The van der Waals surface area contributed by atoms with Gasteiger partial charge in [0.1, 0.15) is 11.4 Å². The molecule has 0 saturated carbocycles. The van der Waals surface area contributed by atoms with Crippen LogP contribution in [0.5, 0.6) is 0 Å². The first-order valence-electron chi connectivity index (χ1n) is 34.0. The van der Waals surface area contributed by atoms with Gasteiger partial charge in [-0.1, -0.05) is 32.0 Å². The van der Waals surface area contributed by atoms with Crippen molar-refractivity contribution in [2.75, 3.05) is 13.1 Å². The second-order valence-corrected chi connectivity index (χ2v) is 9.41. The summed E-state index contributed by atoms with van der Waals surface area (Å²) < 4.78 is 258. The van der Waals surface area contributed by atoms with E-state index in [0.717, 1.165) is 24.2 Å². The molecule has 0 aliphatic carbocycles. The molecule has 1 aliphatic heterocycles. The molecule has 32 heavy (non-hydrogen) atoms. The van der Waals surface area contributed by atoms with Crippen molar-refractivity contribution in [3.8, 4) is 0 Å². The van der Waals surface area contributed by atoms with Crippen LogP contribution in [0.15, 0.2) is 24.2 Å². The lowest BCUT2D eigenvalue weighted by atomic mass is 9.76. The van der Waals surface area contributed by atoms with Crippen LogP contribution in [0.1, 0.15) is 208 Å². The second kappa shape index (κ2) is 9.33. The fourth-order valence-electron chi connectivity index (χ4n) is 4.96. The minimum absolute atomic E-state index is 0. The minimum Gasteiger partial charge on any atom is -0.358 e. The number of benzene rings is 2. The molecule has 2 aromatic rings. The molecule has 3 atom stereocenters. The molecule has 300 valence electrons. The Balaban J connectivity index is -0.00000000593. The van der Waals surface area contributed by atoms with Crippen LogP contribution in [0.3, 0.4) is 0 Å². The Kier molecular flexibility index (Phi) is 2.31. The van der Waals surface area contributed by atoms with Crippen molar-refractivity contribution in [2.45, 2.75) is 79.5 Å². The highest BCUT2D eigenvalue weighted by Gasteiger charge is 2.47. The lowest BCUT2D eigenvalue weighted by Crippen LogP contribution is -2.38. The number of nitrogens with zero attached hydrogens (tertiary/aromatic N) is 2. The van der Waals surface area contributed by atoms with Gasteiger partial charge in [-0.25, -0.2) is 9.24 Å². The Labute approximate surface area is 326 Å². The molecule has 0 radical (unpaired) electrons. The van der Waals surface area contributed by atoms with Crippen molar-refractivity contribution in [2.24, 2.45) is 5.92 Å². The van der Waals surface area contributed by atoms with E-state index >= 15 is 0 Å². The van der Waals surface area contributed by atoms with E-state index in [-0.39, 0.29) is 96.4 Å². The maximum Gasteiger partial charge on any atom is 0.190 e. The van der Waals surface area contributed by atoms with E-state index in [1.807, 2.05) is 6.92 Å². The summed E-state index contributed by atoms with van der Waals surface area (Å²) in [6.45, 7) is 24.7. The maximum atomic E-state index is 14.5. The van der Waals surface area contributed by atoms with E-state index in [1.54, 1.807) is 26.8 Å². The molecule has 2 aromatic carbocycles. The predicted molar refractivity (Wildman–Crippen MR) is 265 cm³/mol. The van der Waals surface area contributed by atoms with Gasteiger partial charge < -0.3 is 9.64 Å². The zero-order valence-electron chi connectivity index (χ0n) is 65.6. The lowest BCUT2D eigenvalue weighted by molar-refractivity contribution is -0.0571. The first-order chi connectivity index (χ1) is 37.2. The quantitative estimate of drug-likeness (QED) is 0.290. The predicted octanol–water partition coefficient (Wildman–Crippen LogP) is 23.1. The van der Waals surface area contributed by atoms with E-state index in [4.69, 9.17) is 77.8 Å². The molecule has 3 nitrogen and oxygen atoms in total. The number of ether oxygens (including phenoxy) is 1. The van der Waals surface area contributed by atoms with Crippen LogP contribution in [-0.4, -0.2) is 24.0 Å². The lowest BCUT2D eigenvalue weighted by Gasteiger charge is -2.37. The number of hydrogen-bond acceptors (Lipinski definition) is 2. The fourth-order valence-corrected chi connectivity index (χ4v) is 4.96. The molecule has 0 aromatic heterocycles. The van der Waals surface area contributed by atoms with E-state index in [0.29, 0.717) is 29.2 Å².